The molecule has 1 saturated heterocycles. The molecule has 0 aromatic carbocycles. The van der Waals surface area contributed by atoms with Gasteiger partial charge in [0, 0.05) is 19.3 Å². The predicted octanol–water partition coefficient (Wildman–Crippen LogP) is 15.6. The topological polar surface area (TPSA) is 175 Å². The third-order valence-corrected chi connectivity index (χ3v) is 12.4. The van der Waals surface area contributed by atoms with E-state index in [2.05, 4.69) is 148 Å². The number of ether oxygens (including phenoxy) is 5. The quantitative estimate of drug-likeness (QED) is 0.0228. The summed E-state index contributed by atoms with van der Waals surface area (Å²) in [4.78, 5) is 51.1. The fourth-order valence-corrected chi connectivity index (χ4v) is 7.95. The monoisotopic (exact) mass is 1100 g/mol. The molecule has 0 saturated carbocycles. The first kappa shape index (κ1) is 71.6. The van der Waals surface area contributed by atoms with E-state index in [1.807, 2.05) is 18.2 Å². The van der Waals surface area contributed by atoms with Crippen LogP contribution in [-0.4, -0.2) is 89.2 Å². The van der Waals surface area contributed by atoms with Crippen molar-refractivity contribution in [2.45, 2.75) is 237 Å². The summed E-state index contributed by atoms with van der Waals surface area (Å²) < 4.78 is 28.3. The van der Waals surface area contributed by atoms with E-state index in [4.69, 9.17) is 23.7 Å². The fourth-order valence-electron chi connectivity index (χ4n) is 7.95. The minimum Gasteiger partial charge on any atom is -0.479 e. The van der Waals surface area contributed by atoms with E-state index in [9.17, 15) is 34.5 Å². The Morgan fingerprint density at radius 2 is 0.785 bits per heavy atom. The maximum atomic E-state index is 13.1. The number of aliphatic hydroxyl groups is 2. The van der Waals surface area contributed by atoms with Crippen molar-refractivity contribution in [2.24, 2.45) is 0 Å². The minimum atomic E-state index is -1.94. The molecule has 1 aliphatic heterocycles. The number of allylic oxidation sites excluding steroid dienone is 24. The molecule has 0 radical (unpaired) electrons. The number of carbonyl (C=O) groups is 4. The number of hydrogen-bond donors (Lipinski definition) is 3. The van der Waals surface area contributed by atoms with Gasteiger partial charge in [0.1, 0.15) is 18.8 Å². The molecule has 6 unspecified atom stereocenters. The Labute approximate surface area is 476 Å². The molecule has 0 bridgehead atoms. The number of aliphatic carboxylic acids is 1. The van der Waals surface area contributed by atoms with E-state index < -0.39 is 67.3 Å². The van der Waals surface area contributed by atoms with Gasteiger partial charge in [-0.2, -0.15) is 0 Å². The zero-order valence-electron chi connectivity index (χ0n) is 48.5. The molecule has 3 N–H and O–H groups in total. The molecule has 0 aliphatic carbocycles. The molecule has 0 amide bonds. The van der Waals surface area contributed by atoms with Gasteiger partial charge in [0.15, 0.2) is 24.6 Å². The van der Waals surface area contributed by atoms with Crippen molar-refractivity contribution < 1.29 is 58.2 Å². The van der Waals surface area contributed by atoms with Crippen molar-refractivity contribution in [3.05, 3.63) is 146 Å². The zero-order chi connectivity index (χ0) is 57.5. The Bertz CT molecular complexity index is 1930. The highest BCUT2D eigenvalue weighted by Crippen LogP contribution is 2.26. The van der Waals surface area contributed by atoms with Gasteiger partial charge >= 0.3 is 23.9 Å². The fraction of sp³-hybridized carbons (Fsp3) is 0.582. The number of carbonyl (C=O) groups excluding carboxylic acids is 3. The Hall–Kier alpha value is -5.40. The highest BCUT2D eigenvalue weighted by molar-refractivity contribution is 5.74. The number of aliphatic hydroxyl groups excluding tert-OH is 2. The highest BCUT2D eigenvalue weighted by atomic mass is 16.7. The molecule has 79 heavy (non-hydrogen) atoms. The van der Waals surface area contributed by atoms with Crippen LogP contribution in [0.2, 0.25) is 0 Å². The van der Waals surface area contributed by atoms with Gasteiger partial charge < -0.3 is 39.0 Å². The standard InChI is InChI=1S/C67H102O12/c1-4-7-10-13-16-19-22-25-27-29-30-32-34-37-40-43-46-49-52-55-61(70)78-65-63(72)62(71)64(66(73)74)79-67(65)76-57-58(77-60(69)54-51-48-45-42-39-35-24-21-18-15-12-9-6-3)56-75-59(68)53-50-47-44-41-38-36-33-31-28-26-23-20-17-14-11-8-5-2/h7-12,16-21,25-28,30,32,35,37,39-40,46,49,58,62-65,67,71-72H,4-6,13-15,22-24,29,31,33-34,36,38,41-45,47-48,50-57H2,1-3H3,(H,73,74)/b10-7-,11-8-,12-9-,19-16-,20-17-,21-18-,27-25-,28-26-,32-30-,39-35-,40-37-,49-46-. The molecular formula is C67H102O12. The molecule has 1 fully saturated rings. The van der Waals surface area contributed by atoms with Gasteiger partial charge in [-0.05, 0) is 122 Å². The van der Waals surface area contributed by atoms with Crippen LogP contribution in [0.3, 0.4) is 0 Å². The Morgan fingerprint density at radius 1 is 0.418 bits per heavy atom. The van der Waals surface area contributed by atoms with Crippen LogP contribution in [0, 0.1) is 0 Å². The third kappa shape index (κ3) is 43.1. The van der Waals surface area contributed by atoms with Gasteiger partial charge in [0.05, 0.1) is 6.61 Å². The molecule has 0 aromatic rings. The van der Waals surface area contributed by atoms with Crippen LogP contribution in [0.1, 0.15) is 201 Å². The van der Waals surface area contributed by atoms with Crippen LogP contribution < -0.4 is 0 Å². The number of hydrogen-bond acceptors (Lipinski definition) is 11. The summed E-state index contributed by atoms with van der Waals surface area (Å²) in [5.41, 5.74) is 0. The SMILES string of the molecule is CC/C=C\C/C=C\C/C=C\C/C=C\C/C=C\C/C=C\CCC(=O)OC1C(OCC(COC(=O)CCCCCCCCC/C=C\C/C=C\C/C=C\CC)OC(=O)CCCCC/C=C\C/C=C\C/C=C\CC)OC(C(=O)O)C(O)C1O. The second-order valence-corrected chi connectivity index (χ2v) is 19.5. The lowest BCUT2D eigenvalue weighted by molar-refractivity contribution is -0.301. The largest absolute Gasteiger partial charge is 0.479 e. The first-order chi connectivity index (χ1) is 38.6. The zero-order valence-corrected chi connectivity index (χ0v) is 48.5. The van der Waals surface area contributed by atoms with E-state index in [0.29, 0.717) is 25.7 Å². The average molecular weight is 1100 g/mol. The van der Waals surface area contributed by atoms with Crippen LogP contribution in [0.4, 0.5) is 0 Å². The summed E-state index contributed by atoms with van der Waals surface area (Å²) in [6.45, 7) is 5.57. The first-order valence-electron chi connectivity index (χ1n) is 29.8. The van der Waals surface area contributed by atoms with E-state index in [0.717, 1.165) is 135 Å². The number of unbranched alkanes of at least 4 members (excludes halogenated alkanes) is 10. The van der Waals surface area contributed by atoms with Gasteiger partial charge in [-0.1, -0.05) is 205 Å². The molecule has 1 rings (SSSR count). The summed E-state index contributed by atoms with van der Waals surface area (Å²) >= 11 is 0. The summed E-state index contributed by atoms with van der Waals surface area (Å²) in [5, 5.41) is 31.5. The molecule has 0 aromatic heterocycles. The van der Waals surface area contributed by atoms with Crippen LogP contribution in [0.25, 0.3) is 0 Å². The van der Waals surface area contributed by atoms with Crippen molar-refractivity contribution in [1.82, 2.24) is 0 Å². The Balaban J connectivity index is 2.75. The first-order valence-corrected chi connectivity index (χ1v) is 29.8. The average Bonchev–Trinajstić information content (AvgIpc) is 3.46. The van der Waals surface area contributed by atoms with Crippen molar-refractivity contribution in [3.8, 4) is 0 Å². The highest BCUT2D eigenvalue weighted by Gasteiger charge is 2.50. The molecule has 1 aliphatic rings. The van der Waals surface area contributed by atoms with Gasteiger partial charge in [-0.3, -0.25) is 14.4 Å². The normalized spacial score (nSPS) is 18.9. The Kier molecular flexibility index (Phi) is 48.3. The molecule has 442 valence electrons. The van der Waals surface area contributed by atoms with Crippen LogP contribution in [0.5, 0.6) is 0 Å². The lowest BCUT2D eigenvalue weighted by Gasteiger charge is -2.40. The van der Waals surface area contributed by atoms with Crippen LogP contribution >= 0.6 is 0 Å². The van der Waals surface area contributed by atoms with Gasteiger partial charge in [-0.25, -0.2) is 4.79 Å². The van der Waals surface area contributed by atoms with Crippen molar-refractivity contribution in [1.29, 1.82) is 0 Å². The summed E-state index contributed by atoms with van der Waals surface area (Å²) in [7, 11) is 0. The van der Waals surface area contributed by atoms with Crippen LogP contribution in [-0.2, 0) is 42.9 Å². The summed E-state index contributed by atoms with van der Waals surface area (Å²) in [5.74, 6) is -3.31. The van der Waals surface area contributed by atoms with Crippen molar-refractivity contribution >= 4 is 23.9 Å². The maximum Gasteiger partial charge on any atom is 0.335 e. The molecular weight excluding hydrogens is 997 g/mol. The molecule has 12 nitrogen and oxygen atoms in total. The van der Waals surface area contributed by atoms with E-state index >= 15 is 0 Å². The third-order valence-electron chi connectivity index (χ3n) is 12.4. The van der Waals surface area contributed by atoms with Gasteiger partial charge in [0.2, 0.25) is 0 Å². The van der Waals surface area contributed by atoms with Gasteiger partial charge in [-0.15, -0.1) is 0 Å². The number of carboxylic acids is 1. The summed E-state index contributed by atoms with van der Waals surface area (Å²) in [6, 6.07) is 0. The number of esters is 3. The lowest BCUT2D eigenvalue weighted by Crippen LogP contribution is -2.61. The molecule has 1 heterocycles. The molecule has 12 heteroatoms. The second-order valence-electron chi connectivity index (χ2n) is 19.5. The van der Waals surface area contributed by atoms with Crippen molar-refractivity contribution in [2.75, 3.05) is 13.2 Å². The lowest BCUT2D eigenvalue weighted by atomic mass is 9.98. The Morgan fingerprint density at radius 3 is 1.22 bits per heavy atom. The summed E-state index contributed by atoms with van der Waals surface area (Å²) in [6.07, 6.45) is 64.0. The second kappa shape index (κ2) is 53.3. The van der Waals surface area contributed by atoms with Gasteiger partial charge in [0.25, 0.3) is 0 Å². The molecule has 0 spiro atoms. The minimum absolute atomic E-state index is 0.0776. The predicted molar refractivity (Wildman–Crippen MR) is 321 cm³/mol. The van der Waals surface area contributed by atoms with E-state index in [1.165, 1.54) is 0 Å². The number of rotatable bonds is 48. The number of carboxylic acid groups (broad SMARTS) is 1. The van der Waals surface area contributed by atoms with Crippen molar-refractivity contribution in [3.63, 3.8) is 0 Å². The maximum absolute atomic E-state index is 13.1. The van der Waals surface area contributed by atoms with Crippen LogP contribution in [0.15, 0.2) is 146 Å². The van der Waals surface area contributed by atoms with E-state index in [1.54, 1.807) is 0 Å². The molecule has 6 atom stereocenters. The smallest absolute Gasteiger partial charge is 0.335 e. The van der Waals surface area contributed by atoms with E-state index in [-0.39, 0.29) is 25.9 Å².